The van der Waals surface area contributed by atoms with Crippen molar-refractivity contribution in [2.45, 2.75) is 40.5 Å². The highest BCUT2D eigenvalue weighted by Gasteiger charge is 2.21. The molecule has 0 aromatic carbocycles. The molecular formula is C13H26N2O. The van der Waals surface area contributed by atoms with Crippen LogP contribution in [0.1, 0.15) is 40.5 Å². The van der Waals surface area contributed by atoms with Gasteiger partial charge in [-0.1, -0.05) is 27.7 Å². The van der Waals surface area contributed by atoms with Crippen LogP contribution in [0.2, 0.25) is 0 Å². The third kappa shape index (κ3) is 5.50. The zero-order valence-electron chi connectivity index (χ0n) is 11.1. The van der Waals surface area contributed by atoms with Crippen molar-refractivity contribution >= 4 is 5.91 Å². The molecule has 0 aromatic rings. The molecule has 1 unspecified atom stereocenters. The fraction of sp³-hybridized carbons (Fsp3) is 0.923. The summed E-state index contributed by atoms with van der Waals surface area (Å²) in [6.07, 6.45) is 2.66. The van der Waals surface area contributed by atoms with Crippen molar-refractivity contribution < 1.29 is 4.79 Å². The Bertz CT molecular complexity index is 229. The van der Waals surface area contributed by atoms with Crippen LogP contribution in [0.3, 0.4) is 0 Å². The molecule has 1 fully saturated rings. The van der Waals surface area contributed by atoms with Crippen molar-refractivity contribution in [1.29, 1.82) is 0 Å². The van der Waals surface area contributed by atoms with E-state index < -0.39 is 0 Å². The zero-order chi connectivity index (χ0) is 12.2. The fourth-order valence-electron chi connectivity index (χ4n) is 1.35. The monoisotopic (exact) mass is 226 g/mol. The second kappa shape index (κ2) is 5.67. The van der Waals surface area contributed by atoms with Gasteiger partial charge in [0.05, 0.1) is 6.54 Å². The van der Waals surface area contributed by atoms with Gasteiger partial charge in [0.2, 0.25) is 5.91 Å². The van der Waals surface area contributed by atoms with Gasteiger partial charge in [-0.05, 0) is 36.6 Å². The summed E-state index contributed by atoms with van der Waals surface area (Å²) in [6.45, 7) is 11.0. The summed E-state index contributed by atoms with van der Waals surface area (Å²) in [5, 5.41) is 6.18. The van der Waals surface area contributed by atoms with Crippen molar-refractivity contribution in [3.8, 4) is 0 Å². The highest BCUT2D eigenvalue weighted by atomic mass is 16.1. The average molecular weight is 226 g/mol. The van der Waals surface area contributed by atoms with E-state index in [2.05, 4.69) is 38.3 Å². The van der Waals surface area contributed by atoms with Gasteiger partial charge >= 0.3 is 0 Å². The van der Waals surface area contributed by atoms with E-state index in [1.165, 1.54) is 12.8 Å². The highest BCUT2D eigenvalue weighted by molar-refractivity contribution is 5.77. The molecule has 3 nitrogen and oxygen atoms in total. The average Bonchev–Trinajstić information content (AvgIpc) is 2.96. The Morgan fingerprint density at radius 3 is 2.50 bits per heavy atom. The van der Waals surface area contributed by atoms with Gasteiger partial charge in [-0.25, -0.2) is 0 Å². The minimum absolute atomic E-state index is 0.122. The maximum Gasteiger partial charge on any atom is 0.233 e. The molecule has 0 saturated heterocycles. The van der Waals surface area contributed by atoms with E-state index in [9.17, 15) is 4.79 Å². The van der Waals surface area contributed by atoms with Gasteiger partial charge in [-0.3, -0.25) is 4.79 Å². The minimum Gasteiger partial charge on any atom is -0.355 e. The number of hydrogen-bond acceptors (Lipinski definition) is 2. The van der Waals surface area contributed by atoms with E-state index in [-0.39, 0.29) is 11.3 Å². The predicted molar refractivity (Wildman–Crippen MR) is 67.2 cm³/mol. The lowest BCUT2D eigenvalue weighted by molar-refractivity contribution is -0.120. The highest BCUT2D eigenvalue weighted by Crippen LogP contribution is 2.27. The molecular weight excluding hydrogens is 200 g/mol. The van der Waals surface area contributed by atoms with Gasteiger partial charge in [-0.2, -0.15) is 0 Å². The molecule has 3 heteroatoms. The van der Waals surface area contributed by atoms with E-state index in [1.54, 1.807) is 0 Å². The quantitative estimate of drug-likeness (QED) is 0.725. The number of carbonyl (C=O) groups is 1. The number of carbonyl (C=O) groups excluding carboxylic acids is 1. The van der Waals surface area contributed by atoms with Gasteiger partial charge in [0, 0.05) is 6.54 Å². The van der Waals surface area contributed by atoms with Crippen molar-refractivity contribution in [3.63, 3.8) is 0 Å². The van der Waals surface area contributed by atoms with Crippen LogP contribution in [0.15, 0.2) is 0 Å². The fourth-order valence-corrected chi connectivity index (χ4v) is 1.35. The Morgan fingerprint density at radius 2 is 2.00 bits per heavy atom. The maximum absolute atomic E-state index is 11.5. The molecule has 0 aliphatic heterocycles. The number of nitrogens with one attached hydrogen (secondary N) is 2. The first-order valence-corrected chi connectivity index (χ1v) is 6.37. The lowest BCUT2D eigenvalue weighted by Crippen LogP contribution is -2.39. The van der Waals surface area contributed by atoms with E-state index in [0.717, 1.165) is 19.0 Å². The number of rotatable bonds is 6. The van der Waals surface area contributed by atoms with E-state index in [4.69, 9.17) is 0 Å². The van der Waals surface area contributed by atoms with Crippen LogP contribution in [0, 0.1) is 17.3 Å². The third-order valence-electron chi connectivity index (χ3n) is 3.50. The Balaban J connectivity index is 2.04. The Hall–Kier alpha value is -0.570. The number of amides is 1. The van der Waals surface area contributed by atoms with Crippen LogP contribution in [0.5, 0.6) is 0 Å². The van der Waals surface area contributed by atoms with Crippen LogP contribution in [-0.4, -0.2) is 25.5 Å². The molecule has 1 amide bonds. The molecule has 1 aliphatic carbocycles. The van der Waals surface area contributed by atoms with E-state index in [1.807, 2.05) is 0 Å². The Morgan fingerprint density at radius 1 is 1.38 bits per heavy atom. The molecule has 1 aliphatic rings. The van der Waals surface area contributed by atoms with Crippen LogP contribution in [0.25, 0.3) is 0 Å². The molecule has 0 spiro atoms. The summed E-state index contributed by atoms with van der Waals surface area (Å²) in [5.41, 5.74) is 0.259. The van der Waals surface area contributed by atoms with Crippen LogP contribution in [0.4, 0.5) is 0 Å². The molecule has 0 bridgehead atoms. The molecule has 94 valence electrons. The standard InChI is InChI=1S/C13H26N2O/c1-10(13(2,3)4)7-15-12(16)9-14-8-11-5-6-11/h10-11,14H,5-9H2,1-4H3,(H,15,16). The normalized spacial score (nSPS) is 18.2. The molecule has 2 N–H and O–H groups in total. The smallest absolute Gasteiger partial charge is 0.233 e. The maximum atomic E-state index is 11.5. The molecule has 0 aromatic heterocycles. The molecule has 16 heavy (non-hydrogen) atoms. The van der Waals surface area contributed by atoms with E-state index >= 15 is 0 Å². The van der Waals surface area contributed by atoms with Crippen molar-refractivity contribution in [2.75, 3.05) is 19.6 Å². The van der Waals surface area contributed by atoms with Gasteiger partial charge < -0.3 is 10.6 Å². The lowest BCUT2D eigenvalue weighted by Gasteiger charge is -2.27. The number of hydrogen-bond donors (Lipinski definition) is 2. The first-order valence-electron chi connectivity index (χ1n) is 6.37. The van der Waals surface area contributed by atoms with Crippen molar-refractivity contribution in [1.82, 2.24) is 10.6 Å². The van der Waals surface area contributed by atoms with Crippen molar-refractivity contribution in [3.05, 3.63) is 0 Å². The summed E-state index contributed by atoms with van der Waals surface area (Å²) >= 11 is 0. The first kappa shape index (κ1) is 13.5. The van der Waals surface area contributed by atoms with Crippen LogP contribution < -0.4 is 10.6 Å². The second-order valence-electron chi connectivity index (χ2n) is 6.15. The molecule has 1 saturated carbocycles. The Kier molecular flexibility index (Phi) is 4.78. The molecule has 0 heterocycles. The van der Waals surface area contributed by atoms with Gasteiger partial charge in [-0.15, -0.1) is 0 Å². The zero-order valence-corrected chi connectivity index (χ0v) is 11.1. The van der Waals surface area contributed by atoms with Crippen LogP contribution >= 0.6 is 0 Å². The van der Waals surface area contributed by atoms with Gasteiger partial charge in [0.1, 0.15) is 0 Å². The molecule has 1 atom stereocenters. The Labute approximate surface area is 99.4 Å². The van der Waals surface area contributed by atoms with Crippen LogP contribution in [-0.2, 0) is 4.79 Å². The predicted octanol–water partition coefficient (Wildman–Crippen LogP) is 1.78. The summed E-state index contributed by atoms with van der Waals surface area (Å²) in [5.74, 6) is 1.46. The SMILES string of the molecule is CC(CNC(=O)CNCC1CC1)C(C)(C)C. The minimum atomic E-state index is 0.122. The van der Waals surface area contributed by atoms with Gasteiger partial charge in [0.25, 0.3) is 0 Å². The summed E-state index contributed by atoms with van der Waals surface area (Å²) < 4.78 is 0. The van der Waals surface area contributed by atoms with Crippen molar-refractivity contribution in [2.24, 2.45) is 17.3 Å². The first-order chi connectivity index (χ1) is 7.39. The molecule has 0 radical (unpaired) electrons. The lowest BCUT2D eigenvalue weighted by atomic mass is 9.82. The largest absolute Gasteiger partial charge is 0.355 e. The third-order valence-corrected chi connectivity index (χ3v) is 3.50. The summed E-state index contributed by atoms with van der Waals surface area (Å²) in [6, 6.07) is 0. The molecule has 1 rings (SSSR count). The van der Waals surface area contributed by atoms with E-state index in [0.29, 0.717) is 12.5 Å². The summed E-state index contributed by atoms with van der Waals surface area (Å²) in [4.78, 5) is 11.5. The van der Waals surface area contributed by atoms with Gasteiger partial charge in [0.15, 0.2) is 0 Å². The summed E-state index contributed by atoms with van der Waals surface area (Å²) in [7, 11) is 0. The second-order valence-corrected chi connectivity index (χ2v) is 6.15. The topological polar surface area (TPSA) is 41.1 Å².